The van der Waals surface area contributed by atoms with Gasteiger partial charge in [0.25, 0.3) is 0 Å². The quantitative estimate of drug-likeness (QED) is 0.313. The maximum Gasteiger partial charge on any atom is 0.191 e. The molecule has 5 nitrogen and oxygen atoms in total. The normalized spacial score (nSPS) is 15.1. The summed E-state index contributed by atoms with van der Waals surface area (Å²) in [6, 6.07) is 19.0. The number of halogens is 1. The molecule has 28 heavy (non-hydrogen) atoms. The highest BCUT2D eigenvalue weighted by atomic mass is 127. The zero-order valence-corrected chi connectivity index (χ0v) is 18.8. The van der Waals surface area contributed by atoms with Gasteiger partial charge in [-0.25, -0.2) is 9.98 Å². The maximum absolute atomic E-state index is 4.78. The third-order valence-electron chi connectivity index (χ3n) is 5.44. The van der Waals surface area contributed by atoms with E-state index in [2.05, 4.69) is 65.6 Å². The van der Waals surface area contributed by atoms with Gasteiger partial charge in [-0.1, -0.05) is 42.5 Å². The van der Waals surface area contributed by atoms with Crippen molar-refractivity contribution in [1.82, 2.24) is 20.2 Å². The molecule has 0 saturated heterocycles. The molecule has 6 heteroatoms. The Balaban J connectivity index is 0.00000225. The molecule has 2 aromatic carbocycles. The molecule has 0 atom stereocenters. The summed E-state index contributed by atoms with van der Waals surface area (Å²) in [4.78, 5) is 9.49. The summed E-state index contributed by atoms with van der Waals surface area (Å²) >= 11 is 0. The predicted molar refractivity (Wildman–Crippen MR) is 126 cm³/mol. The molecule has 4 rings (SSSR count). The molecular weight excluding hydrogens is 461 g/mol. The minimum atomic E-state index is 0. The third kappa shape index (κ3) is 4.32. The largest absolute Gasteiger partial charge is 0.357 e. The van der Waals surface area contributed by atoms with E-state index in [4.69, 9.17) is 9.98 Å². The first-order chi connectivity index (χ1) is 13.2. The van der Waals surface area contributed by atoms with Crippen molar-refractivity contribution < 1.29 is 0 Å². The van der Waals surface area contributed by atoms with Gasteiger partial charge >= 0.3 is 0 Å². The summed E-state index contributed by atoms with van der Waals surface area (Å²) in [5, 5.41) is 6.91. The van der Waals surface area contributed by atoms with Gasteiger partial charge in [-0.15, -0.1) is 24.0 Å². The molecule has 1 aliphatic rings. The van der Waals surface area contributed by atoms with Crippen LogP contribution in [-0.4, -0.2) is 28.6 Å². The van der Waals surface area contributed by atoms with Crippen molar-refractivity contribution >= 4 is 41.0 Å². The average Bonchev–Trinajstić information content (AvgIpc) is 3.44. The summed E-state index contributed by atoms with van der Waals surface area (Å²) < 4.78 is 2.12. The SMILES string of the molecule is CCNC(=NCc1nc2ccccc2n1C)NCC1(c2ccccc2)CC1.I. The zero-order chi connectivity index (χ0) is 18.7. The van der Waals surface area contributed by atoms with Crippen molar-refractivity contribution in [2.75, 3.05) is 13.1 Å². The molecular formula is C22H28IN5. The summed E-state index contributed by atoms with van der Waals surface area (Å²) in [6.07, 6.45) is 2.46. The number of aromatic nitrogens is 2. The lowest BCUT2D eigenvalue weighted by Crippen LogP contribution is -2.41. The van der Waals surface area contributed by atoms with Crippen molar-refractivity contribution in [3.63, 3.8) is 0 Å². The molecule has 1 aliphatic carbocycles. The van der Waals surface area contributed by atoms with E-state index in [0.29, 0.717) is 6.54 Å². The fourth-order valence-electron chi connectivity index (χ4n) is 3.59. The number of aliphatic imine (C=N–C) groups is 1. The van der Waals surface area contributed by atoms with E-state index >= 15 is 0 Å². The van der Waals surface area contributed by atoms with Crippen LogP contribution in [0.25, 0.3) is 11.0 Å². The second-order valence-corrected chi connectivity index (χ2v) is 7.27. The van der Waals surface area contributed by atoms with Crippen molar-refractivity contribution in [2.24, 2.45) is 12.0 Å². The van der Waals surface area contributed by atoms with Gasteiger partial charge in [0.2, 0.25) is 0 Å². The van der Waals surface area contributed by atoms with Gasteiger partial charge in [0.1, 0.15) is 12.4 Å². The third-order valence-corrected chi connectivity index (χ3v) is 5.44. The summed E-state index contributed by atoms with van der Waals surface area (Å²) in [5.41, 5.74) is 3.84. The standard InChI is InChI=1S/C22H27N5.HI/c1-3-23-21(25-16-22(13-14-22)17-9-5-4-6-10-17)24-15-20-26-18-11-7-8-12-19(18)27(20)2;/h4-12H,3,13-16H2,1-2H3,(H2,23,24,25);1H. The summed E-state index contributed by atoms with van der Waals surface area (Å²) in [7, 11) is 2.05. The van der Waals surface area contributed by atoms with E-state index in [9.17, 15) is 0 Å². The lowest BCUT2D eigenvalue weighted by molar-refractivity contribution is 0.644. The van der Waals surface area contributed by atoms with Gasteiger partial charge in [0.15, 0.2) is 5.96 Å². The predicted octanol–water partition coefficient (Wildman–Crippen LogP) is 3.98. The van der Waals surface area contributed by atoms with Crippen LogP contribution in [0.1, 0.15) is 31.2 Å². The summed E-state index contributed by atoms with van der Waals surface area (Å²) in [5.74, 6) is 1.82. The van der Waals surface area contributed by atoms with Crippen LogP contribution >= 0.6 is 24.0 Å². The van der Waals surface area contributed by atoms with E-state index in [1.54, 1.807) is 0 Å². The van der Waals surface area contributed by atoms with Crippen molar-refractivity contribution in [2.45, 2.75) is 31.7 Å². The van der Waals surface area contributed by atoms with Gasteiger partial charge < -0.3 is 15.2 Å². The number of aryl methyl sites for hydroxylation is 1. The number of rotatable bonds is 6. The highest BCUT2D eigenvalue weighted by Gasteiger charge is 2.43. The number of fused-ring (bicyclic) bond motifs is 1. The number of hydrogen-bond donors (Lipinski definition) is 2. The monoisotopic (exact) mass is 489 g/mol. The molecule has 1 heterocycles. The number of para-hydroxylation sites is 2. The molecule has 0 spiro atoms. The average molecular weight is 489 g/mol. The number of benzene rings is 2. The van der Waals surface area contributed by atoms with Crippen LogP contribution in [0.3, 0.4) is 0 Å². The molecule has 0 bridgehead atoms. The van der Waals surface area contributed by atoms with E-state index in [-0.39, 0.29) is 29.4 Å². The zero-order valence-electron chi connectivity index (χ0n) is 16.5. The van der Waals surface area contributed by atoms with E-state index in [1.807, 2.05) is 18.2 Å². The first-order valence-corrected chi connectivity index (χ1v) is 9.70. The highest BCUT2D eigenvalue weighted by molar-refractivity contribution is 14.0. The molecule has 1 aromatic heterocycles. The Morgan fingerprint density at radius 3 is 2.46 bits per heavy atom. The topological polar surface area (TPSA) is 54.2 Å². The van der Waals surface area contributed by atoms with Crippen LogP contribution in [0.4, 0.5) is 0 Å². The molecule has 2 N–H and O–H groups in total. The van der Waals surface area contributed by atoms with Crippen LogP contribution in [0.2, 0.25) is 0 Å². The molecule has 3 aromatic rings. The Hall–Kier alpha value is -2.09. The molecule has 0 aliphatic heterocycles. The fraction of sp³-hybridized carbons (Fsp3) is 0.364. The second-order valence-electron chi connectivity index (χ2n) is 7.27. The fourth-order valence-corrected chi connectivity index (χ4v) is 3.59. The Labute approximate surface area is 183 Å². The first kappa shape index (κ1) is 20.6. The van der Waals surface area contributed by atoms with Gasteiger partial charge in [0.05, 0.1) is 11.0 Å². The van der Waals surface area contributed by atoms with Crippen LogP contribution in [0.5, 0.6) is 0 Å². The summed E-state index contributed by atoms with van der Waals surface area (Å²) in [6.45, 7) is 4.40. The van der Waals surface area contributed by atoms with Crippen LogP contribution in [0, 0.1) is 0 Å². The van der Waals surface area contributed by atoms with Crippen molar-refractivity contribution in [3.8, 4) is 0 Å². The van der Waals surface area contributed by atoms with Gasteiger partial charge in [-0.2, -0.15) is 0 Å². The van der Waals surface area contributed by atoms with Crippen molar-refractivity contribution in [3.05, 3.63) is 66.0 Å². The molecule has 1 saturated carbocycles. The van der Waals surface area contributed by atoms with Gasteiger partial charge in [-0.05, 0) is 37.5 Å². The van der Waals surface area contributed by atoms with Crippen LogP contribution < -0.4 is 10.6 Å². The number of guanidine groups is 1. The van der Waals surface area contributed by atoms with Crippen LogP contribution in [0.15, 0.2) is 59.6 Å². The molecule has 1 fully saturated rings. The maximum atomic E-state index is 4.78. The molecule has 148 valence electrons. The van der Waals surface area contributed by atoms with E-state index in [0.717, 1.165) is 35.9 Å². The number of hydrogen-bond acceptors (Lipinski definition) is 2. The minimum absolute atomic E-state index is 0. The Kier molecular flexibility index (Phi) is 6.59. The number of imidazole rings is 1. The lowest BCUT2D eigenvalue weighted by Gasteiger charge is -2.19. The number of nitrogens with one attached hydrogen (secondary N) is 2. The smallest absolute Gasteiger partial charge is 0.191 e. The minimum Gasteiger partial charge on any atom is -0.357 e. The van der Waals surface area contributed by atoms with E-state index < -0.39 is 0 Å². The number of nitrogens with zero attached hydrogens (tertiary/aromatic N) is 3. The Bertz CT molecular complexity index is 944. The second kappa shape index (κ2) is 8.94. The molecule has 0 unspecified atom stereocenters. The lowest BCUT2D eigenvalue weighted by atomic mass is 9.96. The molecule has 0 amide bonds. The Morgan fingerprint density at radius 1 is 1.07 bits per heavy atom. The highest BCUT2D eigenvalue weighted by Crippen LogP contribution is 2.47. The Morgan fingerprint density at radius 2 is 1.79 bits per heavy atom. The molecule has 0 radical (unpaired) electrons. The van der Waals surface area contributed by atoms with Gasteiger partial charge in [-0.3, -0.25) is 0 Å². The first-order valence-electron chi connectivity index (χ1n) is 9.70. The van der Waals surface area contributed by atoms with Gasteiger partial charge in [0, 0.05) is 25.6 Å². The van der Waals surface area contributed by atoms with Crippen molar-refractivity contribution in [1.29, 1.82) is 0 Å². The van der Waals surface area contributed by atoms with Crippen LogP contribution in [-0.2, 0) is 19.0 Å². The van der Waals surface area contributed by atoms with E-state index in [1.165, 1.54) is 18.4 Å².